The van der Waals surface area contributed by atoms with Gasteiger partial charge in [-0.1, -0.05) is 17.7 Å². The minimum atomic E-state index is -0.425. The number of fused-ring (bicyclic) bond motifs is 1. The maximum absolute atomic E-state index is 13.0. The Bertz CT molecular complexity index is 1520. The molecule has 0 radical (unpaired) electrons. The quantitative estimate of drug-likeness (QED) is 0.416. The van der Waals surface area contributed by atoms with Crippen LogP contribution in [0.2, 0.25) is 5.02 Å². The van der Waals surface area contributed by atoms with Gasteiger partial charge < -0.3 is 15.4 Å². The second-order valence-corrected chi connectivity index (χ2v) is 8.74. The third-order valence-corrected chi connectivity index (χ3v) is 6.15. The molecule has 0 saturated heterocycles. The SMILES string of the molecule is CCOc1c(C(C)n2nc(C)c3c(N)ncnc32)cc(Cl)c(C#N)c1-c1cccnc1C(=O)N(C)C. The first-order valence-corrected chi connectivity index (χ1v) is 11.6. The van der Waals surface area contributed by atoms with Gasteiger partial charge in [0.2, 0.25) is 0 Å². The number of nitrogens with zero attached hydrogens (tertiary/aromatic N) is 7. The van der Waals surface area contributed by atoms with Crippen molar-refractivity contribution in [1.29, 1.82) is 5.26 Å². The molecule has 0 aliphatic heterocycles. The number of nitrogen functional groups attached to an aromatic ring is 1. The number of hydrogen-bond acceptors (Lipinski definition) is 8. The minimum Gasteiger partial charge on any atom is -0.493 e. The zero-order chi connectivity index (χ0) is 26.1. The summed E-state index contributed by atoms with van der Waals surface area (Å²) in [4.78, 5) is 27.2. The van der Waals surface area contributed by atoms with Crippen molar-refractivity contribution in [1.82, 2.24) is 29.6 Å². The summed E-state index contributed by atoms with van der Waals surface area (Å²) in [7, 11) is 3.28. The number of benzene rings is 1. The number of amides is 1. The average molecular weight is 505 g/mol. The van der Waals surface area contributed by atoms with E-state index in [0.717, 1.165) is 0 Å². The van der Waals surface area contributed by atoms with Gasteiger partial charge in [0.15, 0.2) is 5.65 Å². The third-order valence-electron chi connectivity index (χ3n) is 5.86. The zero-order valence-corrected chi connectivity index (χ0v) is 21.3. The van der Waals surface area contributed by atoms with Crippen LogP contribution in [-0.4, -0.2) is 56.2 Å². The summed E-state index contributed by atoms with van der Waals surface area (Å²) < 4.78 is 7.86. The molecule has 184 valence electrons. The van der Waals surface area contributed by atoms with Crippen molar-refractivity contribution in [3.8, 4) is 22.9 Å². The number of carbonyl (C=O) groups is 1. The molecular weight excluding hydrogens is 480 g/mol. The number of nitrogens with two attached hydrogens (primary N) is 1. The number of aryl methyl sites for hydroxylation is 1. The van der Waals surface area contributed by atoms with Crippen LogP contribution < -0.4 is 10.5 Å². The highest BCUT2D eigenvalue weighted by Gasteiger charge is 2.29. The number of nitriles is 1. The number of pyridine rings is 1. The number of aromatic nitrogens is 5. The second-order valence-electron chi connectivity index (χ2n) is 8.33. The van der Waals surface area contributed by atoms with Crippen LogP contribution in [0.5, 0.6) is 5.75 Å². The van der Waals surface area contributed by atoms with Crippen LogP contribution in [0.15, 0.2) is 30.7 Å². The Morgan fingerprint density at radius 3 is 2.75 bits per heavy atom. The largest absolute Gasteiger partial charge is 0.493 e. The molecule has 1 amide bonds. The van der Waals surface area contributed by atoms with E-state index in [1.807, 2.05) is 20.8 Å². The van der Waals surface area contributed by atoms with E-state index in [-0.39, 0.29) is 22.2 Å². The van der Waals surface area contributed by atoms with E-state index >= 15 is 0 Å². The number of anilines is 1. The second kappa shape index (κ2) is 9.79. The molecule has 0 fully saturated rings. The molecule has 10 nitrogen and oxygen atoms in total. The van der Waals surface area contributed by atoms with Crippen LogP contribution in [0.25, 0.3) is 22.2 Å². The molecule has 1 atom stereocenters. The van der Waals surface area contributed by atoms with E-state index < -0.39 is 6.04 Å². The topological polar surface area (TPSA) is 136 Å². The number of rotatable bonds is 6. The highest BCUT2D eigenvalue weighted by Crippen LogP contribution is 2.44. The molecule has 11 heteroatoms. The first-order chi connectivity index (χ1) is 17.2. The number of ether oxygens (including phenoxy) is 1. The number of halogens is 1. The van der Waals surface area contributed by atoms with Gasteiger partial charge in [0, 0.05) is 37.0 Å². The molecule has 3 aromatic heterocycles. The number of carbonyl (C=O) groups excluding carboxylic acids is 1. The van der Waals surface area contributed by atoms with Gasteiger partial charge in [-0.25, -0.2) is 14.6 Å². The lowest BCUT2D eigenvalue weighted by atomic mass is 9.92. The van der Waals surface area contributed by atoms with Crippen molar-refractivity contribution in [2.24, 2.45) is 0 Å². The van der Waals surface area contributed by atoms with Crippen LogP contribution in [0.4, 0.5) is 5.82 Å². The van der Waals surface area contributed by atoms with Crippen molar-refractivity contribution >= 4 is 34.4 Å². The van der Waals surface area contributed by atoms with E-state index in [9.17, 15) is 10.1 Å². The maximum atomic E-state index is 13.0. The fourth-order valence-electron chi connectivity index (χ4n) is 4.19. The molecule has 0 aliphatic rings. The molecular formula is C25H25ClN8O2. The summed E-state index contributed by atoms with van der Waals surface area (Å²) in [6.07, 6.45) is 2.92. The summed E-state index contributed by atoms with van der Waals surface area (Å²) in [5.41, 5.74) is 9.19. The average Bonchev–Trinajstić information content (AvgIpc) is 3.21. The van der Waals surface area contributed by atoms with Crippen LogP contribution in [0.1, 0.15) is 47.2 Å². The zero-order valence-electron chi connectivity index (χ0n) is 20.6. The highest BCUT2D eigenvalue weighted by atomic mass is 35.5. The standard InChI is InChI=1S/C25H25ClN8O2/c1-6-36-22-16(14(3)34-24-19(13(2)32-34)23(28)30-12-31-24)10-18(26)17(11-27)20(22)15-8-7-9-29-21(15)25(35)33(4)5/h7-10,12,14H,6H2,1-5H3,(H2,28,30,31). The molecule has 0 saturated carbocycles. The van der Waals surface area contributed by atoms with E-state index in [1.54, 1.807) is 37.0 Å². The van der Waals surface area contributed by atoms with E-state index in [0.29, 0.717) is 51.6 Å². The van der Waals surface area contributed by atoms with Gasteiger partial charge in [0.05, 0.1) is 34.3 Å². The Labute approximate surface area is 213 Å². The lowest BCUT2D eigenvalue weighted by molar-refractivity contribution is 0.0823. The Kier molecular flexibility index (Phi) is 6.77. The highest BCUT2D eigenvalue weighted by molar-refractivity contribution is 6.32. The Balaban J connectivity index is 2.05. The van der Waals surface area contributed by atoms with Crippen molar-refractivity contribution in [3.05, 3.63) is 58.3 Å². The fraction of sp³-hybridized carbons (Fsp3) is 0.280. The molecule has 0 aliphatic carbocycles. The Hall–Kier alpha value is -4.23. The minimum absolute atomic E-state index is 0.182. The monoisotopic (exact) mass is 504 g/mol. The molecule has 1 unspecified atom stereocenters. The molecule has 2 N–H and O–H groups in total. The third kappa shape index (κ3) is 4.07. The summed E-state index contributed by atoms with van der Waals surface area (Å²) in [6.45, 7) is 5.91. The van der Waals surface area contributed by atoms with Crippen LogP contribution in [-0.2, 0) is 0 Å². The van der Waals surface area contributed by atoms with Crippen molar-refractivity contribution in [2.45, 2.75) is 26.8 Å². The van der Waals surface area contributed by atoms with Gasteiger partial charge in [-0.05, 0) is 32.9 Å². The van der Waals surface area contributed by atoms with Gasteiger partial charge in [-0.2, -0.15) is 10.4 Å². The van der Waals surface area contributed by atoms with Gasteiger partial charge in [-0.3, -0.25) is 9.78 Å². The van der Waals surface area contributed by atoms with Gasteiger partial charge in [0.25, 0.3) is 5.91 Å². The van der Waals surface area contributed by atoms with Crippen molar-refractivity contribution in [3.63, 3.8) is 0 Å². The summed E-state index contributed by atoms with van der Waals surface area (Å²) in [5.74, 6) is 0.434. The Morgan fingerprint density at radius 2 is 2.08 bits per heavy atom. The van der Waals surface area contributed by atoms with E-state index in [1.165, 1.54) is 17.4 Å². The van der Waals surface area contributed by atoms with Crippen molar-refractivity contribution < 1.29 is 9.53 Å². The lowest BCUT2D eigenvalue weighted by Gasteiger charge is -2.23. The lowest BCUT2D eigenvalue weighted by Crippen LogP contribution is -2.23. The molecule has 1 aromatic carbocycles. The van der Waals surface area contributed by atoms with Crippen LogP contribution >= 0.6 is 11.6 Å². The van der Waals surface area contributed by atoms with Gasteiger partial charge in [0.1, 0.15) is 29.7 Å². The van der Waals surface area contributed by atoms with Crippen LogP contribution in [0, 0.1) is 18.3 Å². The Morgan fingerprint density at radius 1 is 1.33 bits per heavy atom. The fourth-order valence-corrected chi connectivity index (χ4v) is 4.44. The summed E-state index contributed by atoms with van der Waals surface area (Å²) in [5, 5.41) is 15.6. The molecule has 4 rings (SSSR count). The molecule has 0 bridgehead atoms. The van der Waals surface area contributed by atoms with Gasteiger partial charge >= 0.3 is 0 Å². The summed E-state index contributed by atoms with van der Waals surface area (Å²) in [6, 6.07) is 6.88. The molecule has 4 aromatic rings. The predicted molar refractivity (Wildman–Crippen MR) is 137 cm³/mol. The number of hydrogen-bond donors (Lipinski definition) is 1. The predicted octanol–water partition coefficient (Wildman–Crippen LogP) is 4.01. The van der Waals surface area contributed by atoms with Gasteiger partial charge in [-0.15, -0.1) is 0 Å². The molecule has 0 spiro atoms. The smallest absolute Gasteiger partial charge is 0.272 e. The normalized spacial score (nSPS) is 11.8. The summed E-state index contributed by atoms with van der Waals surface area (Å²) >= 11 is 6.66. The van der Waals surface area contributed by atoms with E-state index in [2.05, 4.69) is 26.1 Å². The van der Waals surface area contributed by atoms with Crippen LogP contribution in [0.3, 0.4) is 0 Å². The molecule has 36 heavy (non-hydrogen) atoms. The first kappa shape index (κ1) is 24.9. The van der Waals surface area contributed by atoms with E-state index in [4.69, 9.17) is 22.1 Å². The van der Waals surface area contributed by atoms with Crippen molar-refractivity contribution in [2.75, 3.05) is 26.4 Å². The first-order valence-electron chi connectivity index (χ1n) is 11.2. The maximum Gasteiger partial charge on any atom is 0.272 e. The molecule has 3 heterocycles.